The molecular formula is C22H18ClN5O4. The summed E-state index contributed by atoms with van der Waals surface area (Å²) in [4.78, 5) is 56.2. The Morgan fingerprint density at radius 3 is 2.34 bits per heavy atom. The van der Waals surface area contributed by atoms with E-state index in [1.807, 2.05) is 0 Å². The second-order valence-electron chi connectivity index (χ2n) is 7.24. The SMILES string of the molecule is CC(=O)c1ccc(NC(=O)[C@H]2CC(=O)Nc3nc(Nc4ccc(Cl)cc4)[nH]c(=O)c32)cc1. The molecule has 9 nitrogen and oxygen atoms in total. The predicted molar refractivity (Wildman–Crippen MR) is 121 cm³/mol. The van der Waals surface area contributed by atoms with Gasteiger partial charge in [-0.25, -0.2) is 0 Å². The molecule has 0 bridgehead atoms. The smallest absolute Gasteiger partial charge is 0.258 e. The lowest BCUT2D eigenvalue weighted by molar-refractivity contribution is -0.123. The van der Waals surface area contributed by atoms with E-state index >= 15 is 0 Å². The average Bonchev–Trinajstić information content (AvgIpc) is 2.75. The first-order valence-corrected chi connectivity index (χ1v) is 10.1. The molecule has 0 saturated carbocycles. The number of hydrogen-bond acceptors (Lipinski definition) is 6. The van der Waals surface area contributed by atoms with Gasteiger partial charge in [0.1, 0.15) is 5.82 Å². The first kappa shape index (κ1) is 21.3. The predicted octanol–water partition coefficient (Wildman–Crippen LogP) is 3.43. The van der Waals surface area contributed by atoms with Crippen LogP contribution < -0.4 is 21.5 Å². The van der Waals surface area contributed by atoms with Crippen LogP contribution in [0, 0.1) is 0 Å². The Morgan fingerprint density at radius 1 is 1.03 bits per heavy atom. The standard InChI is InChI=1S/C22H18ClN5O4/c1-11(29)12-2-6-14(7-3-12)24-20(31)16-10-17(30)26-19-18(16)21(32)28-22(27-19)25-15-8-4-13(23)5-9-15/h2-9,16H,10H2,1H3,(H,24,31)(H3,25,26,27,28,30,32)/t16-/m0/s1. The number of hydrogen-bond donors (Lipinski definition) is 4. The van der Waals surface area contributed by atoms with Crippen LogP contribution in [0.15, 0.2) is 53.3 Å². The van der Waals surface area contributed by atoms with Gasteiger partial charge in [-0.2, -0.15) is 4.98 Å². The zero-order chi connectivity index (χ0) is 22.8. The van der Waals surface area contributed by atoms with Gasteiger partial charge in [0.15, 0.2) is 5.78 Å². The molecule has 2 aromatic carbocycles. The van der Waals surface area contributed by atoms with Gasteiger partial charge >= 0.3 is 0 Å². The van der Waals surface area contributed by atoms with E-state index < -0.39 is 23.3 Å². The zero-order valence-electron chi connectivity index (χ0n) is 16.9. The van der Waals surface area contributed by atoms with Crippen molar-refractivity contribution >= 4 is 52.3 Å². The van der Waals surface area contributed by atoms with Crippen molar-refractivity contribution in [2.75, 3.05) is 16.0 Å². The first-order valence-electron chi connectivity index (χ1n) is 9.68. The number of Topliss-reactive ketones (excluding diaryl/α,β-unsaturated/α-hetero) is 1. The van der Waals surface area contributed by atoms with E-state index in [0.29, 0.717) is 22.0 Å². The van der Waals surface area contributed by atoms with E-state index in [-0.39, 0.29) is 29.5 Å². The van der Waals surface area contributed by atoms with Gasteiger partial charge in [0.2, 0.25) is 17.8 Å². The highest BCUT2D eigenvalue weighted by Crippen LogP contribution is 2.30. The lowest BCUT2D eigenvalue weighted by Gasteiger charge is -2.23. The van der Waals surface area contributed by atoms with Crippen LogP contribution in [0.25, 0.3) is 0 Å². The van der Waals surface area contributed by atoms with Crippen LogP contribution in [-0.2, 0) is 9.59 Å². The number of aromatic amines is 1. The zero-order valence-corrected chi connectivity index (χ0v) is 17.6. The highest BCUT2D eigenvalue weighted by Gasteiger charge is 2.34. The Balaban J connectivity index is 1.59. The summed E-state index contributed by atoms with van der Waals surface area (Å²) in [6.07, 6.45) is -0.195. The fourth-order valence-corrected chi connectivity index (χ4v) is 3.47. The van der Waals surface area contributed by atoms with Crippen molar-refractivity contribution in [3.05, 3.63) is 75.0 Å². The van der Waals surface area contributed by atoms with E-state index in [1.165, 1.54) is 6.92 Å². The lowest BCUT2D eigenvalue weighted by Crippen LogP contribution is -2.36. The molecule has 0 spiro atoms. The molecule has 0 fully saturated rings. The number of H-pyrrole nitrogens is 1. The summed E-state index contributed by atoms with van der Waals surface area (Å²) in [5.41, 5.74) is 1.11. The molecule has 4 N–H and O–H groups in total. The molecule has 10 heteroatoms. The van der Waals surface area contributed by atoms with E-state index in [9.17, 15) is 19.2 Å². The highest BCUT2D eigenvalue weighted by atomic mass is 35.5. The van der Waals surface area contributed by atoms with Crippen molar-refractivity contribution in [3.63, 3.8) is 0 Å². The van der Waals surface area contributed by atoms with Crippen molar-refractivity contribution < 1.29 is 14.4 Å². The molecule has 162 valence electrons. The van der Waals surface area contributed by atoms with Crippen molar-refractivity contribution in [2.24, 2.45) is 0 Å². The van der Waals surface area contributed by atoms with Crippen molar-refractivity contribution in [1.29, 1.82) is 0 Å². The number of ketones is 1. The third-order valence-corrected chi connectivity index (χ3v) is 5.19. The molecule has 3 aromatic rings. The fourth-order valence-electron chi connectivity index (χ4n) is 3.34. The van der Waals surface area contributed by atoms with Gasteiger partial charge in [0, 0.05) is 28.4 Å². The highest BCUT2D eigenvalue weighted by molar-refractivity contribution is 6.30. The third kappa shape index (κ3) is 4.52. The number of carbonyl (C=O) groups is 3. The Kier molecular flexibility index (Phi) is 5.74. The Bertz CT molecular complexity index is 1270. The molecule has 0 aliphatic carbocycles. The lowest BCUT2D eigenvalue weighted by atomic mass is 9.92. The van der Waals surface area contributed by atoms with E-state index in [1.54, 1.807) is 48.5 Å². The molecule has 1 aliphatic rings. The van der Waals surface area contributed by atoms with Crippen molar-refractivity contribution in [1.82, 2.24) is 9.97 Å². The number of nitrogens with zero attached hydrogens (tertiary/aromatic N) is 1. The summed E-state index contributed by atoms with van der Waals surface area (Å²) < 4.78 is 0. The number of halogens is 1. The molecule has 32 heavy (non-hydrogen) atoms. The summed E-state index contributed by atoms with van der Waals surface area (Å²) in [5.74, 6) is -1.94. The summed E-state index contributed by atoms with van der Waals surface area (Å²) >= 11 is 5.87. The molecule has 4 rings (SSSR count). The number of anilines is 4. The quantitative estimate of drug-likeness (QED) is 0.439. The average molecular weight is 452 g/mol. The second-order valence-corrected chi connectivity index (χ2v) is 7.67. The first-order chi connectivity index (χ1) is 15.3. The van der Waals surface area contributed by atoms with E-state index in [4.69, 9.17) is 11.6 Å². The van der Waals surface area contributed by atoms with Crippen LogP contribution in [0.2, 0.25) is 5.02 Å². The van der Waals surface area contributed by atoms with Crippen LogP contribution in [-0.4, -0.2) is 27.6 Å². The molecule has 1 aromatic heterocycles. The number of nitrogens with one attached hydrogen (secondary N) is 4. The minimum Gasteiger partial charge on any atom is -0.326 e. The van der Waals surface area contributed by atoms with Crippen LogP contribution >= 0.6 is 11.6 Å². The summed E-state index contributed by atoms with van der Waals surface area (Å²) in [7, 11) is 0. The topological polar surface area (TPSA) is 133 Å². The monoisotopic (exact) mass is 451 g/mol. The number of fused-ring (bicyclic) bond motifs is 1. The molecule has 2 amide bonds. The Hall–Kier alpha value is -3.98. The van der Waals surface area contributed by atoms with Crippen molar-refractivity contribution in [3.8, 4) is 0 Å². The van der Waals surface area contributed by atoms with Gasteiger partial charge in [0.25, 0.3) is 5.56 Å². The molecule has 0 radical (unpaired) electrons. The number of rotatable bonds is 5. The minimum atomic E-state index is -1.02. The minimum absolute atomic E-state index is 0.0218. The summed E-state index contributed by atoms with van der Waals surface area (Å²) in [6.45, 7) is 1.44. The Labute approximate surface area is 187 Å². The fraction of sp³-hybridized carbons (Fsp3) is 0.136. The normalized spacial score (nSPS) is 14.8. The number of carbonyl (C=O) groups excluding carboxylic acids is 3. The van der Waals surface area contributed by atoms with Gasteiger partial charge in [-0.15, -0.1) is 0 Å². The van der Waals surface area contributed by atoms with Gasteiger partial charge in [-0.1, -0.05) is 11.6 Å². The van der Waals surface area contributed by atoms with Crippen LogP contribution in [0.3, 0.4) is 0 Å². The number of aromatic nitrogens is 2. The van der Waals surface area contributed by atoms with Crippen LogP contribution in [0.5, 0.6) is 0 Å². The third-order valence-electron chi connectivity index (χ3n) is 4.93. The molecule has 0 unspecified atom stereocenters. The number of benzene rings is 2. The van der Waals surface area contributed by atoms with E-state index in [0.717, 1.165) is 0 Å². The maximum Gasteiger partial charge on any atom is 0.258 e. The molecule has 1 atom stereocenters. The van der Waals surface area contributed by atoms with Crippen LogP contribution in [0.4, 0.5) is 23.1 Å². The second kappa shape index (κ2) is 8.64. The molecular weight excluding hydrogens is 434 g/mol. The largest absolute Gasteiger partial charge is 0.326 e. The summed E-state index contributed by atoms with van der Waals surface area (Å²) in [6, 6.07) is 13.1. The van der Waals surface area contributed by atoms with E-state index in [2.05, 4.69) is 25.9 Å². The molecule has 2 heterocycles. The van der Waals surface area contributed by atoms with Gasteiger partial charge in [0.05, 0.1) is 11.5 Å². The maximum absolute atomic E-state index is 12.9. The maximum atomic E-state index is 12.9. The van der Waals surface area contributed by atoms with Gasteiger partial charge in [-0.05, 0) is 55.5 Å². The summed E-state index contributed by atoms with van der Waals surface area (Å²) in [5, 5.41) is 8.73. The Morgan fingerprint density at radius 2 is 1.69 bits per heavy atom. The van der Waals surface area contributed by atoms with Gasteiger partial charge < -0.3 is 16.0 Å². The van der Waals surface area contributed by atoms with Gasteiger partial charge in [-0.3, -0.25) is 24.2 Å². The number of amides is 2. The van der Waals surface area contributed by atoms with Crippen LogP contribution in [0.1, 0.15) is 35.2 Å². The molecule has 1 aliphatic heterocycles. The van der Waals surface area contributed by atoms with Crippen molar-refractivity contribution in [2.45, 2.75) is 19.3 Å². The molecule has 0 saturated heterocycles.